The predicted octanol–water partition coefficient (Wildman–Crippen LogP) is 2.40. The number of nitrogens with zero attached hydrogens (tertiary/aromatic N) is 3. The second kappa shape index (κ2) is 7.90. The van der Waals surface area contributed by atoms with E-state index in [2.05, 4.69) is 16.7 Å². The van der Waals surface area contributed by atoms with Gasteiger partial charge in [0.1, 0.15) is 11.9 Å². The van der Waals surface area contributed by atoms with Gasteiger partial charge in [-0.15, -0.1) is 0 Å². The molecular formula is C26H23N5O4. The first-order chi connectivity index (χ1) is 16.9. The summed E-state index contributed by atoms with van der Waals surface area (Å²) in [6, 6.07) is 10.9. The summed E-state index contributed by atoms with van der Waals surface area (Å²) < 4.78 is 1.96. The molecule has 6 rings (SSSR count). The molecule has 4 amide bonds. The van der Waals surface area contributed by atoms with Crippen molar-refractivity contribution in [2.45, 2.75) is 38.3 Å². The third-order valence-corrected chi connectivity index (χ3v) is 6.95. The Morgan fingerprint density at radius 3 is 2.49 bits per heavy atom. The molecule has 3 aromatic rings. The van der Waals surface area contributed by atoms with Crippen LogP contribution in [0.3, 0.4) is 0 Å². The number of aryl methyl sites for hydroxylation is 2. The van der Waals surface area contributed by atoms with Crippen LogP contribution in [-0.4, -0.2) is 44.1 Å². The molecule has 1 saturated heterocycles. The molecule has 3 aliphatic rings. The molecule has 2 aromatic carbocycles. The number of piperidine rings is 1. The minimum absolute atomic E-state index is 0.0378. The average molecular weight is 470 g/mol. The number of amides is 4. The van der Waals surface area contributed by atoms with Gasteiger partial charge in [0.15, 0.2) is 0 Å². The number of nitrogens with one attached hydrogen (secondary N) is 2. The van der Waals surface area contributed by atoms with Gasteiger partial charge >= 0.3 is 0 Å². The smallest absolute Gasteiger partial charge is 0.255 e. The van der Waals surface area contributed by atoms with Crippen molar-refractivity contribution in [3.8, 4) is 22.6 Å². The predicted molar refractivity (Wildman–Crippen MR) is 127 cm³/mol. The minimum Gasteiger partial charge on any atom is -0.333 e. The maximum atomic E-state index is 13.0. The Kier molecular flexibility index (Phi) is 4.80. The van der Waals surface area contributed by atoms with E-state index >= 15 is 0 Å². The highest BCUT2D eigenvalue weighted by molar-refractivity contribution is 6.05. The third-order valence-electron chi connectivity index (χ3n) is 6.95. The maximum Gasteiger partial charge on any atom is 0.255 e. The Morgan fingerprint density at radius 2 is 1.66 bits per heavy atom. The van der Waals surface area contributed by atoms with Crippen LogP contribution in [0.5, 0.6) is 0 Å². The number of fused-ring (bicyclic) bond motifs is 2. The zero-order valence-electron chi connectivity index (χ0n) is 19.1. The summed E-state index contributed by atoms with van der Waals surface area (Å²) in [7, 11) is 1.94. The second-order valence-corrected chi connectivity index (χ2v) is 9.25. The Bertz CT molecular complexity index is 1440. The molecular weight excluding hydrogens is 446 g/mol. The van der Waals surface area contributed by atoms with Crippen LogP contribution >= 0.6 is 0 Å². The quantitative estimate of drug-likeness (QED) is 0.572. The van der Waals surface area contributed by atoms with Crippen LogP contribution in [0.4, 0.5) is 5.69 Å². The lowest BCUT2D eigenvalue weighted by molar-refractivity contribution is -0.137. The van der Waals surface area contributed by atoms with Gasteiger partial charge in [-0.05, 0) is 54.3 Å². The zero-order chi connectivity index (χ0) is 24.3. The van der Waals surface area contributed by atoms with E-state index in [4.69, 9.17) is 4.98 Å². The molecule has 0 saturated carbocycles. The van der Waals surface area contributed by atoms with Gasteiger partial charge in [0.05, 0.1) is 5.69 Å². The number of carbonyl (C=O) groups is 4. The molecule has 1 fully saturated rings. The number of hydrogen-bond acceptors (Lipinski definition) is 5. The van der Waals surface area contributed by atoms with Crippen molar-refractivity contribution in [3.63, 3.8) is 0 Å². The zero-order valence-corrected chi connectivity index (χ0v) is 19.1. The van der Waals surface area contributed by atoms with Gasteiger partial charge in [-0.1, -0.05) is 6.07 Å². The summed E-state index contributed by atoms with van der Waals surface area (Å²) in [4.78, 5) is 54.8. The molecule has 0 bridgehead atoms. The molecule has 4 heterocycles. The molecule has 3 aliphatic heterocycles. The van der Waals surface area contributed by atoms with Crippen molar-refractivity contribution in [3.05, 3.63) is 59.3 Å². The SMILES string of the molecule is Cn1cc(-c2ccc3c(c2)CN(C2CCC(=O)NC2=O)C3=O)nc1-c1ccc2c(c1)CCC(=O)N2. The number of benzene rings is 2. The van der Waals surface area contributed by atoms with Crippen LogP contribution in [0.15, 0.2) is 42.6 Å². The standard InChI is InChI=1S/C26H23N5O4/c1-30-13-20(28-24(30)16-3-6-19-14(10-16)4-8-22(32)27-19)15-2-5-18-17(11-15)12-31(26(18)35)21-7-9-23(33)29-25(21)34/h2-3,5-6,10-11,13,21H,4,7-9,12H2,1H3,(H,27,32)(H,29,33,34). The molecule has 35 heavy (non-hydrogen) atoms. The maximum absolute atomic E-state index is 13.0. The molecule has 2 N–H and O–H groups in total. The molecule has 176 valence electrons. The first-order valence-corrected chi connectivity index (χ1v) is 11.6. The van der Waals surface area contributed by atoms with E-state index in [9.17, 15) is 19.2 Å². The van der Waals surface area contributed by atoms with Crippen LogP contribution in [0.2, 0.25) is 0 Å². The number of rotatable bonds is 3. The van der Waals surface area contributed by atoms with E-state index in [1.807, 2.05) is 42.1 Å². The minimum atomic E-state index is -0.633. The molecule has 9 heteroatoms. The Balaban J connectivity index is 1.28. The highest BCUT2D eigenvalue weighted by atomic mass is 16.2. The van der Waals surface area contributed by atoms with Gasteiger partial charge in [0.25, 0.3) is 5.91 Å². The summed E-state index contributed by atoms with van der Waals surface area (Å²) in [5.74, 6) is -0.0601. The summed E-state index contributed by atoms with van der Waals surface area (Å²) in [6.45, 7) is 0.324. The lowest BCUT2D eigenvalue weighted by Gasteiger charge is -2.29. The Labute approximate surface area is 201 Å². The van der Waals surface area contributed by atoms with Crippen molar-refractivity contribution < 1.29 is 19.2 Å². The number of imide groups is 1. The highest BCUT2D eigenvalue weighted by Gasteiger charge is 2.39. The van der Waals surface area contributed by atoms with Crippen LogP contribution in [-0.2, 0) is 34.4 Å². The fourth-order valence-corrected chi connectivity index (χ4v) is 5.13. The van der Waals surface area contributed by atoms with E-state index in [0.717, 1.165) is 39.5 Å². The largest absolute Gasteiger partial charge is 0.333 e. The first-order valence-electron chi connectivity index (χ1n) is 11.6. The fourth-order valence-electron chi connectivity index (χ4n) is 5.13. The van der Waals surface area contributed by atoms with Gasteiger partial charge in [0, 0.05) is 55.0 Å². The van der Waals surface area contributed by atoms with Crippen molar-refractivity contribution >= 4 is 29.3 Å². The highest BCUT2D eigenvalue weighted by Crippen LogP contribution is 2.33. The van der Waals surface area contributed by atoms with Crippen LogP contribution < -0.4 is 10.6 Å². The summed E-state index contributed by atoms with van der Waals surface area (Å²) in [5, 5.41) is 5.24. The van der Waals surface area contributed by atoms with Gasteiger partial charge in [-0.2, -0.15) is 0 Å². The van der Waals surface area contributed by atoms with E-state index in [-0.39, 0.29) is 24.1 Å². The number of hydrogen-bond donors (Lipinski definition) is 2. The Hall–Kier alpha value is -4.27. The Morgan fingerprint density at radius 1 is 0.886 bits per heavy atom. The summed E-state index contributed by atoms with van der Waals surface area (Å²) in [6.07, 6.45) is 3.70. The van der Waals surface area contributed by atoms with Crippen LogP contribution in [0.25, 0.3) is 22.6 Å². The van der Waals surface area contributed by atoms with Crippen molar-refractivity contribution in [2.24, 2.45) is 7.05 Å². The molecule has 0 aliphatic carbocycles. The fraction of sp³-hybridized carbons (Fsp3) is 0.269. The molecule has 0 spiro atoms. The van der Waals surface area contributed by atoms with Gasteiger partial charge in [-0.3, -0.25) is 24.5 Å². The third kappa shape index (κ3) is 3.60. The summed E-state index contributed by atoms with van der Waals surface area (Å²) >= 11 is 0. The summed E-state index contributed by atoms with van der Waals surface area (Å²) in [5.41, 5.74) is 5.99. The normalized spacial score (nSPS) is 19.3. The lowest BCUT2D eigenvalue weighted by Crippen LogP contribution is -2.52. The molecule has 9 nitrogen and oxygen atoms in total. The lowest BCUT2D eigenvalue weighted by atomic mass is 10.00. The molecule has 1 unspecified atom stereocenters. The number of anilines is 1. The monoisotopic (exact) mass is 469 g/mol. The van der Waals surface area contributed by atoms with Crippen molar-refractivity contribution in [2.75, 3.05) is 5.32 Å². The molecule has 0 radical (unpaired) electrons. The van der Waals surface area contributed by atoms with E-state index in [1.165, 1.54) is 0 Å². The van der Waals surface area contributed by atoms with E-state index < -0.39 is 11.9 Å². The molecule has 1 atom stereocenters. The number of carbonyl (C=O) groups excluding carboxylic acids is 4. The second-order valence-electron chi connectivity index (χ2n) is 9.25. The first kappa shape index (κ1) is 21.3. The van der Waals surface area contributed by atoms with Gasteiger partial charge in [0.2, 0.25) is 17.7 Å². The average Bonchev–Trinajstić information content (AvgIpc) is 3.38. The topological polar surface area (TPSA) is 113 Å². The van der Waals surface area contributed by atoms with E-state index in [1.54, 1.807) is 11.0 Å². The van der Waals surface area contributed by atoms with Gasteiger partial charge in [-0.25, -0.2) is 4.98 Å². The van der Waals surface area contributed by atoms with Gasteiger partial charge < -0.3 is 14.8 Å². The number of imidazole rings is 1. The van der Waals surface area contributed by atoms with Crippen LogP contribution in [0.1, 0.15) is 40.7 Å². The molecule has 1 aromatic heterocycles. The number of aromatic nitrogens is 2. The van der Waals surface area contributed by atoms with Crippen molar-refractivity contribution in [1.82, 2.24) is 19.8 Å². The van der Waals surface area contributed by atoms with Crippen molar-refractivity contribution in [1.29, 1.82) is 0 Å². The van der Waals surface area contributed by atoms with Crippen LogP contribution in [0, 0.1) is 0 Å². The van der Waals surface area contributed by atoms with E-state index in [0.29, 0.717) is 31.4 Å².